The highest BCUT2D eigenvalue weighted by Gasteiger charge is 2.15. The van der Waals surface area contributed by atoms with Crippen molar-refractivity contribution >= 4 is 0 Å². The molecule has 0 aliphatic rings. The predicted molar refractivity (Wildman–Crippen MR) is 79.4 cm³/mol. The van der Waals surface area contributed by atoms with Gasteiger partial charge in [-0.15, -0.1) is 0 Å². The van der Waals surface area contributed by atoms with Gasteiger partial charge in [-0.05, 0) is 43.8 Å². The second kappa shape index (κ2) is 6.39. The monoisotopic (exact) mass is 272 g/mol. The average molecular weight is 272 g/mol. The Labute approximate surface area is 119 Å². The number of ether oxygens (including phenoxy) is 2. The molecule has 20 heavy (non-hydrogen) atoms. The van der Waals surface area contributed by atoms with Gasteiger partial charge in [-0.3, -0.25) is 4.98 Å². The van der Waals surface area contributed by atoms with Crippen molar-refractivity contribution in [3.8, 4) is 11.5 Å². The lowest BCUT2D eigenvalue weighted by Gasteiger charge is -2.18. The van der Waals surface area contributed by atoms with Crippen LogP contribution in [0.15, 0.2) is 36.4 Å². The molecule has 2 rings (SSSR count). The summed E-state index contributed by atoms with van der Waals surface area (Å²) < 4.78 is 10.6. The van der Waals surface area contributed by atoms with E-state index in [9.17, 15) is 0 Å². The number of methoxy groups -OCH3 is 2. The van der Waals surface area contributed by atoms with Crippen LogP contribution in [-0.2, 0) is 0 Å². The Morgan fingerprint density at radius 1 is 1.05 bits per heavy atom. The molecule has 0 saturated heterocycles. The smallest absolute Gasteiger partial charge is 0.161 e. The first-order valence-corrected chi connectivity index (χ1v) is 6.52. The molecular formula is C16H20N2O2. The number of pyridine rings is 1. The van der Waals surface area contributed by atoms with E-state index in [-0.39, 0.29) is 6.04 Å². The first-order valence-electron chi connectivity index (χ1n) is 6.52. The van der Waals surface area contributed by atoms with Crippen molar-refractivity contribution in [3.05, 3.63) is 53.3 Å². The molecule has 0 amide bonds. The quantitative estimate of drug-likeness (QED) is 0.909. The van der Waals surface area contributed by atoms with Gasteiger partial charge in [0.15, 0.2) is 11.5 Å². The molecule has 1 heterocycles. The number of benzene rings is 1. The van der Waals surface area contributed by atoms with Crippen molar-refractivity contribution in [2.45, 2.75) is 13.0 Å². The summed E-state index contributed by atoms with van der Waals surface area (Å²) in [7, 11) is 5.20. The van der Waals surface area contributed by atoms with Crippen molar-refractivity contribution in [3.63, 3.8) is 0 Å². The normalized spacial score (nSPS) is 12.0. The average Bonchev–Trinajstić information content (AvgIpc) is 2.48. The number of hydrogen-bond donors (Lipinski definition) is 1. The van der Waals surface area contributed by atoms with Crippen LogP contribution in [0.2, 0.25) is 0 Å². The van der Waals surface area contributed by atoms with Crippen LogP contribution in [0, 0.1) is 6.92 Å². The van der Waals surface area contributed by atoms with Gasteiger partial charge >= 0.3 is 0 Å². The highest BCUT2D eigenvalue weighted by Crippen LogP contribution is 2.31. The third-order valence-electron chi connectivity index (χ3n) is 3.24. The fourth-order valence-electron chi connectivity index (χ4n) is 2.24. The largest absolute Gasteiger partial charge is 0.493 e. The minimum absolute atomic E-state index is 0.0229. The molecule has 0 aliphatic carbocycles. The first-order chi connectivity index (χ1) is 9.69. The molecular weight excluding hydrogens is 252 g/mol. The zero-order valence-electron chi connectivity index (χ0n) is 12.3. The number of hydrogen-bond acceptors (Lipinski definition) is 4. The SMILES string of the molecule is CNC(c1ccc(OC)c(OC)c1)c1cccc(C)n1. The Bertz CT molecular complexity index is 584. The van der Waals surface area contributed by atoms with E-state index >= 15 is 0 Å². The third-order valence-corrected chi connectivity index (χ3v) is 3.24. The van der Waals surface area contributed by atoms with Gasteiger partial charge in [0.1, 0.15) is 0 Å². The van der Waals surface area contributed by atoms with Gasteiger partial charge in [-0.1, -0.05) is 12.1 Å². The summed E-state index contributed by atoms with van der Waals surface area (Å²) in [4.78, 5) is 4.58. The molecule has 0 saturated carbocycles. The van der Waals surface area contributed by atoms with Crippen LogP contribution in [0.25, 0.3) is 0 Å². The van der Waals surface area contributed by atoms with Gasteiger partial charge in [0.2, 0.25) is 0 Å². The molecule has 106 valence electrons. The van der Waals surface area contributed by atoms with Crippen LogP contribution in [-0.4, -0.2) is 26.3 Å². The molecule has 4 heteroatoms. The fourth-order valence-corrected chi connectivity index (χ4v) is 2.24. The van der Waals surface area contributed by atoms with Crippen LogP contribution in [0.5, 0.6) is 11.5 Å². The van der Waals surface area contributed by atoms with Crippen LogP contribution in [0.4, 0.5) is 0 Å². The minimum Gasteiger partial charge on any atom is -0.493 e. The van der Waals surface area contributed by atoms with E-state index in [0.29, 0.717) is 0 Å². The van der Waals surface area contributed by atoms with E-state index in [0.717, 1.165) is 28.5 Å². The summed E-state index contributed by atoms with van der Waals surface area (Å²) in [6.07, 6.45) is 0. The molecule has 1 atom stereocenters. The molecule has 1 unspecified atom stereocenters. The van der Waals surface area contributed by atoms with Gasteiger partial charge in [0, 0.05) is 5.69 Å². The number of aryl methyl sites for hydroxylation is 1. The summed E-state index contributed by atoms with van der Waals surface area (Å²) in [5, 5.41) is 3.29. The van der Waals surface area contributed by atoms with Crippen LogP contribution >= 0.6 is 0 Å². The van der Waals surface area contributed by atoms with Crippen LogP contribution in [0.3, 0.4) is 0 Å². The van der Waals surface area contributed by atoms with E-state index in [1.54, 1.807) is 14.2 Å². The second-order valence-corrected chi connectivity index (χ2v) is 4.54. The molecule has 1 aromatic carbocycles. The van der Waals surface area contributed by atoms with Crippen LogP contribution < -0.4 is 14.8 Å². The Balaban J connectivity index is 2.41. The molecule has 1 N–H and O–H groups in total. The van der Waals surface area contributed by atoms with Crippen LogP contribution in [0.1, 0.15) is 23.0 Å². The van der Waals surface area contributed by atoms with Crippen molar-refractivity contribution in [2.75, 3.05) is 21.3 Å². The second-order valence-electron chi connectivity index (χ2n) is 4.54. The first kappa shape index (κ1) is 14.3. The molecule has 0 radical (unpaired) electrons. The van der Waals surface area contributed by atoms with E-state index in [1.165, 1.54) is 0 Å². The number of nitrogens with zero attached hydrogens (tertiary/aromatic N) is 1. The molecule has 1 aromatic heterocycles. The minimum atomic E-state index is 0.0229. The summed E-state index contributed by atoms with van der Waals surface area (Å²) in [6, 6.07) is 12.0. The fraction of sp³-hybridized carbons (Fsp3) is 0.312. The Morgan fingerprint density at radius 3 is 2.40 bits per heavy atom. The molecule has 0 spiro atoms. The maximum Gasteiger partial charge on any atom is 0.161 e. The Kier molecular flexibility index (Phi) is 4.58. The highest BCUT2D eigenvalue weighted by molar-refractivity contribution is 5.45. The molecule has 0 fully saturated rings. The number of rotatable bonds is 5. The van der Waals surface area contributed by atoms with Crippen molar-refractivity contribution in [1.29, 1.82) is 0 Å². The molecule has 4 nitrogen and oxygen atoms in total. The summed E-state index contributed by atoms with van der Waals surface area (Å²) in [5.41, 5.74) is 3.08. The van der Waals surface area contributed by atoms with E-state index in [1.807, 2.05) is 50.4 Å². The van der Waals surface area contributed by atoms with E-state index in [2.05, 4.69) is 10.3 Å². The summed E-state index contributed by atoms with van der Waals surface area (Å²) in [5.74, 6) is 1.45. The Morgan fingerprint density at radius 2 is 1.80 bits per heavy atom. The molecule has 0 bridgehead atoms. The zero-order chi connectivity index (χ0) is 14.5. The molecule has 0 aliphatic heterocycles. The summed E-state index contributed by atoms with van der Waals surface area (Å²) >= 11 is 0. The van der Waals surface area contributed by atoms with E-state index in [4.69, 9.17) is 9.47 Å². The van der Waals surface area contributed by atoms with Crippen molar-refractivity contribution in [2.24, 2.45) is 0 Å². The lowest BCUT2D eigenvalue weighted by Crippen LogP contribution is -2.19. The maximum atomic E-state index is 5.36. The van der Waals surface area contributed by atoms with Crippen molar-refractivity contribution < 1.29 is 9.47 Å². The van der Waals surface area contributed by atoms with Gasteiger partial charge in [0.25, 0.3) is 0 Å². The standard InChI is InChI=1S/C16H20N2O2/c1-11-6-5-7-13(18-11)16(17-2)12-8-9-14(19-3)15(10-12)20-4/h5-10,16-17H,1-4H3. The summed E-state index contributed by atoms with van der Waals surface area (Å²) in [6.45, 7) is 1.99. The number of aromatic nitrogens is 1. The van der Waals surface area contributed by atoms with Gasteiger partial charge in [-0.25, -0.2) is 0 Å². The number of nitrogens with one attached hydrogen (secondary N) is 1. The van der Waals surface area contributed by atoms with Gasteiger partial charge in [0.05, 0.1) is 26.0 Å². The Hall–Kier alpha value is -2.07. The predicted octanol–water partition coefficient (Wildman–Crippen LogP) is 2.72. The molecule has 2 aromatic rings. The maximum absolute atomic E-state index is 5.36. The van der Waals surface area contributed by atoms with Gasteiger partial charge in [-0.2, -0.15) is 0 Å². The lowest BCUT2D eigenvalue weighted by molar-refractivity contribution is 0.354. The van der Waals surface area contributed by atoms with Gasteiger partial charge < -0.3 is 14.8 Å². The lowest BCUT2D eigenvalue weighted by atomic mass is 10.0. The third kappa shape index (κ3) is 2.91. The topological polar surface area (TPSA) is 43.4 Å². The van der Waals surface area contributed by atoms with Crippen molar-refractivity contribution in [1.82, 2.24) is 10.3 Å². The highest BCUT2D eigenvalue weighted by atomic mass is 16.5. The zero-order valence-corrected chi connectivity index (χ0v) is 12.3. The van der Waals surface area contributed by atoms with E-state index < -0.39 is 0 Å².